The van der Waals surface area contributed by atoms with E-state index in [2.05, 4.69) is 16.0 Å². The van der Waals surface area contributed by atoms with E-state index < -0.39 is 143 Å². The number of nitrogens with zero attached hydrogens (tertiary/aromatic N) is 5. The number of cyclic esters (lactones) is 1. The van der Waals surface area contributed by atoms with Gasteiger partial charge in [0.1, 0.15) is 42.3 Å². The van der Waals surface area contributed by atoms with Crippen molar-refractivity contribution in [3.63, 3.8) is 0 Å². The number of hydrogen-bond donors (Lipinski definition) is 5. The summed E-state index contributed by atoms with van der Waals surface area (Å²) in [5, 5.41) is 33.6. The van der Waals surface area contributed by atoms with E-state index in [1.54, 1.807) is 82.8 Å². The van der Waals surface area contributed by atoms with Crippen molar-refractivity contribution >= 4 is 47.3 Å². The number of esters is 1. The molecule has 0 radical (unpaired) electrons. The van der Waals surface area contributed by atoms with Gasteiger partial charge >= 0.3 is 5.97 Å². The molecule has 7 amide bonds. The largest absolute Gasteiger partial charge is 0.450 e. The molecular formula is C66H97FN8O11. The molecule has 3 aromatic carbocycles. The van der Waals surface area contributed by atoms with Crippen LogP contribution in [0.4, 0.5) is 4.39 Å². The Morgan fingerprint density at radius 3 is 1.71 bits per heavy atom. The number of rotatable bonds is 14. The zero-order valence-corrected chi connectivity index (χ0v) is 53.5. The van der Waals surface area contributed by atoms with Gasteiger partial charge in [-0.1, -0.05) is 142 Å². The highest BCUT2D eigenvalue weighted by Crippen LogP contribution is 2.30. The maximum Gasteiger partial charge on any atom is 0.332 e. The van der Waals surface area contributed by atoms with Gasteiger partial charge in [-0.25, -0.2) is 9.18 Å². The van der Waals surface area contributed by atoms with Crippen LogP contribution in [0.2, 0.25) is 0 Å². The number of ether oxygens (including phenoxy) is 1. The first kappa shape index (κ1) is 70.0. The van der Waals surface area contributed by atoms with Gasteiger partial charge in [-0.2, -0.15) is 0 Å². The van der Waals surface area contributed by atoms with E-state index in [4.69, 9.17) is 4.74 Å². The van der Waals surface area contributed by atoms with Crippen LogP contribution in [0.5, 0.6) is 0 Å². The van der Waals surface area contributed by atoms with Gasteiger partial charge in [0.25, 0.3) is 5.91 Å². The highest BCUT2D eigenvalue weighted by Gasteiger charge is 2.48. The Hall–Kier alpha value is -6.77. The van der Waals surface area contributed by atoms with E-state index in [-0.39, 0.29) is 38.1 Å². The number of aliphatic hydroxyl groups is 2. The lowest BCUT2D eigenvalue weighted by molar-refractivity contribution is -0.177. The number of fused-ring (bicyclic) bond motifs is 1. The van der Waals surface area contributed by atoms with Gasteiger partial charge in [-0.05, 0) is 104 Å². The number of likely N-dealkylation sites (N-methyl/N-ethyl adjacent to an activating group) is 4. The van der Waals surface area contributed by atoms with Gasteiger partial charge in [0.2, 0.25) is 35.4 Å². The molecule has 1 unspecified atom stereocenters. The first-order valence-electron chi connectivity index (χ1n) is 30.6. The molecule has 12 atom stereocenters. The van der Waals surface area contributed by atoms with Crippen LogP contribution in [0, 0.1) is 35.4 Å². The Balaban J connectivity index is 1.73. The Bertz CT molecular complexity index is 2810. The summed E-state index contributed by atoms with van der Waals surface area (Å²) in [6.45, 7) is 20.7. The van der Waals surface area contributed by atoms with E-state index >= 15 is 19.2 Å². The minimum absolute atomic E-state index is 0.0240. The normalized spacial score (nSPS) is 26.3. The third-order valence-corrected chi connectivity index (χ3v) is 17.3. The van der Waals surface area contributed by atoms with Gasteiger partial charge in [-0.15, -0.1) is 0 Å². The summed E-state index contributed by atoms with van der Waals surface area (Å²) in [5.41, 5.74) is 0.839. The van der Waals surface area contributed by atoms with E-state index in [1.165, 1.54) is 68.9 Å². The lowest BCUT2D eigenvalue weighted by Gasteiger charge is -2.41. The van der Waals surface area contributed by atoms with Crippen LogP contribution in [0.3, 0.4) is 0 Å². The summed E-state index contributed by atoms with van der Waals surface area (Å²) in [6, 6.07) is 12.4. The summed E-state index contributed by atoms with van der Waals surface area (Å²) < 4.78 is 20.3. The van der Waals surface area contributed by atoms with Crippen LogP contribution in [0.25, 0.3) is 11.1 Å². The molecule has 0 saturated carbocycles. The van der Waals surface area contributed by atoms with Crippen LogP contribution >= 0.6 is 0 Å². The molecule has 2 heterocycles. The zero-order chi connectivity index (χ0) is 64.2. The SMILES string of the molecule is CC[C@H](C)[C@@H]1NC(=O)[C@@H]2CCCN2C(O)[C@H](Cc2cccc(-c3ccc(F)cc3)c2)N(C)C(=O)[C@H](Cc2ccccc2)NC(=O)[C@H](C(C)C)N(C)C(=O)[C@@H]([C@@H](C)CC)OC(=O)[C@H](C(C)(C)O)N(C)C(=O)[C@H](CC(C)C)NC(=O)[C@H](C(C)C)N(C)C1=O. The molecule has 5 N–H and O–H groups in total. The van der Waals surface area contributed by atoms with Crippen molar-refractivity contribution in [2.45, 2.75) is 194 Å². The Morgan fingerprint density at radius 2 is 1.16 bits per heavy atom. The lowest BCUT2D eigenvalue weighted by Crippen LogP contribution is -2.63. The third-order valence-electron chi connectivity index (χ3n) is 17.3. The maximum atomic E-state index is 15.6. The summed E-state index contributed by atoms with van der Waals surface area (Å²) in [4.78, 5) is 127. The number of carbonyl (C=O) groups excluding carboxylic acids is 8. The van der Waals surface area contributed by atoms with Crippen molar-refractivity contribution < 1.29 is 57.7 Å². The molecule has 2 fully saturated rings. The van der Waals surface area contributed by atoms with Crippen LogP contribution in [0.1, 0.15) is 126 Å². The average Bonchev–Trinajstić information content (AvgIpc) is 2.56. The third kappa shape index (κ3) is 17.3. The quantitative estimate of drug-likeness (QED) is 0.117. The number of nitrogens with one attached hydrogen (secondary N) is 3. The second-order valence-corrected chi connectivity index (χ2v) is 25.6. The molecule has 0 spiro atoms. The second kappa shape index (κ2) is 30.7. The summed E-state index contributed by atoms with van der Waals surface area (Å²) in [6.07, 6.45) is -1.48. The van der Waals surface area contributed by atoms with Crippen LogP contribution < -0.4 is 16.0 Å². The first-order valence-corrected chi connectivity index (χ1v) is 30.6. The van der Waals surface area contributed by atoms with Crippen molar-refractivity contribution in [3.05, 3.63) is 95.8 Å². The Labute approximate surface area is 509 Å². The number of aliphatic hydroxyl groups excluding tert-OH is 1. The highest BCUT2D eigenvalue weighted by atomic mass is 19.1. The van der Waals surface area contributed by atoms with Gasteiger partial charge in [0, 0.05) is 47.1 Å². The monoisotopic (exact) mass is 1200 g/mol. The van der Waals surface area contributed by atoms with E-state index in [1.807, 2.05) is 58.0 Å². The zero-order valence-electron chi connectivity index (χ0n) is 53.5. The number of benzene rings is 3. The minimum atomic E-state index is -1.99. The molecule has 5 rings (SSSR count). The topological polar surface area (TPSA) is 239 Å². The van der Waals surface area contributed by atoms with Gasteiger partial charge in [0.15, 0.2) is 12.1 Å². The van der Waals surface area contributed by atoms with E-state index in [0.29, 0.717) is 30.4 Å². The smallest absolute Gasteiger partial charge is 0.332 e. The molecule has 20 heteroatoms. The van der Waals surface area contributed by atoms with Crippen molar-refractivity contribution in [2.24, 2.45) is 29.6 Å². The summed E-state index contributed by atoms with van der Waals surface area (Å²) in [5.74, 6) is -8.64. The number of amides is 7. The van der Waals surface area contributed by atoms with Crippen molar-refractivity contribution in [1.29, 1.82) is 0 Å². The molecule has 2 saturated heterocycles. The van der Waals surface area contributed by atoms with Crippen molar-refractivity contribution in [2.75, 3.05) is 34.7 Å². The average molecular weight is 1200 g/mol. The molecule has 0 bridgehead atoms. The van der Waals surface area contributed by atoms with E-state index in [9.17, 15) is 33.8 Å². The fourth-order valence-corrected chi connectivity index (χ4v) is 12.1. The fraction of sp³-hybridized carbons (Fsp3) is 0.606. The predicted molar refractivity (Wildman–Crippen MR) is 328 cm³/mol. The molecule has 86 heavy (non-hydrogen) atoms. The number of carbonyl (C=O) groups is 8. The fourth-order valence-electron chi connectivity index (χ4n) is 12.1. The molecular weight excluding hydrogens is 1100 g/mol. The maximum absolute atomic E-state index is 15.6. The number of halogens is 1. The summed E-state index contributed by atoms with van der Waals surface area (Å²) in [7, 11) is 5.70. The van der Waals surface area contributed by atoms with Crippen LogP contribution in [-0.4, -0.2) is 183 Å². The van der Waals surface area contributed by atoms with Crippen LogP contribution in [0.15, 0.2) is 78.9 Å². The second-order valence-electron chi connectivity index (χ2n) is 25.6. The highest BCUT2D eigenvalue weighted by molar-refractivity contribution is 5.97. The molecule has 3 aromatic rings. The Morgan fingerprint density at radius 1 is 0.616 bits per heavy atom. The molecule has 19 nitrogen and oxygen atoms in total. The standard InChI is InChI=1S/C66H97FN8O11/c1-17-41(9)52-63(82)72(14)53(39(5)6)58(77)68-48(34-38(3)4)61(80)74(16)56(66(11,12)85)65(84)86-55(42(10)18-2)64(83)73(15)54(40(7)8)59(78)69-49(36-43-24-20-19-21-25-43)60(79)71(13)51(62(81)75-33-23-28-50(75)57(76)70-52)37-44-26-22-27-46(35-44)45-29-31-47(67)32-30-45/h19-22,24-27,29-32,35,38-42,48-56,62,81,85H,17-18,23,28,33-34,36-37H2,1-16H3,(H,68,77)(H,69,78)(H,70,76)/t41-,42-,48-,49-,50-,51-,52-,53-,54-,55+,56+,62?/m0/s1. The van der Waals surface area contributed by atoms with Crippen molar-refractivity contribution in [1.82, 2.24) is 40.4 Å². The minimum Gasteiger partial charge on any atom is -0.450 e. The predicted octanol–water partition coefficient (Wildman–Crippen LogP) is 5.97. The molecule has 2 aliphatic rings. The lowest BCUT2D eigenvalue weighted by atomic mass is 9.93. The van der Waals surface area contributed by atoms with E-state index in [0.717, 1.165) is 16.0 Å². The Kier molecular flexibility index (Phi) is 25.0. The van der Waals surface area contributed by atoms with Crippen molar-refractivity contribution in [3.8, 4) is 11.1 Å². The van der Waals surface area contributed by atoms with Gasteiger partial charge in [-0.3, -0.25) is 38.5 Å². The van der Waals surface area contributed by atoms with Gasteiger partial charge < -0.3 is 50.5 Å². The van der Waals surface area contributed by atoms with Gasteiger partial charge in [0.05, 0.1) is 17.7 Å². The molecule has 0 aromatic heterocycles. The van der Waals surface area contributed by atoms with Crippen LogP contribution in [-0.2, 0) is 55.9 Å². The molecule has 474 valence electrons. The number of hydrogen-bond acceptors (Lipinski definition) is 12. The molecule has 2 aliphatic heterocycles. The first-order chi connectivity index (χ1) is 40.3. The summed E-state index contributed by atoms with van der Waals surface area (Å²) >= 11 is 0. The molecule has 0 aliphatic carbocycles.